The van der Waals surface area contributed by atoms with Crippen LogP contribution in [0.25, 0.3) is 0 Å². The van der Waals surface area contributed by atoms with Crippen molar-refractivity contribution in [1.29, 1.82) is 0 Å². The molecule has 1 atom stereocenters. The van der Waals surface area contributed by atoms with Crippen molar-refractivity contribution in [1.82, 2.24) is 10.3 Å². The number of nitrogens with one attached hydrogen (secondary N) is 1. The van der Waals surface area contributed by atoms with Gasteiger partial charge in [0.05, 0.1) is 5.02 Å². The highest BCUT2D eigenvalue weighted by Gasteiger charge is 2.17. The van der Waals surface area contributed by atoms with Gasteiger partial charge in [-0.25, -0.2) is 9.37 Å². The summed E-state index contributed by atoms with van der Waals surface area (Å²) in [7, 11) is 1.78. The summed E-state index contributed by atoms with van der Waals surface area (Å²) in [5.41, 5.74) is 7.21. The Kier molecular flexibility index (Phi) is 4.35. The number of nitrogens with zero attached hydrogens (tertiary/aromatic N) is 1. The molecule has 0 bridgehead atoms. The molecule has 3 nitrogen and oxygen atoms in total. The summed E-state index contributed by atoms with van der Waals surface area (Å²) >= 11 is 5.81. The van der Waals surface area contributed by atoms with E-state index in [1.54, 1.807) is 25.4 Å². The molecule has 2 aromatic rings. The van der Waals surface area contributed by atoms with E-state index in [2.05, 4.69) is 10.3 Å². The number of aromatic nitrogens is 1. The molecule has 0 aliphatic rings. The number of anilines is 1. The Bertz CT molecular complexity index is 574. The summed E-state index contributed by atoms with van der Waals surface area (Å²) in [4.78, 5) is 4.03. The maximum atomic E-state index is 14.0. The summed E-state index contributed by atoms with van der Waals surface area (Å²) < 4.78 is 14.0. The number of benzene rings is 1. The summed E-state index contributed by atoms with van der Waals surface area (Å²) in [6.45, 7) is 0. The van der Waals surface area contributed by atoms with Gasteiger partial charge in [-0.3, -0.25) is 0 Å². The lowest BCUT2D eigenvalue weighted by Gasteiger charge is -2.18. The van der Waals surface area contributed by atoms with Crippen LogP contribution in [0.2, 0.25) is 5.02 Å². The molecule has 0 amide bonds. The van der Waals surface area contributed by atoms with E-state index in [9.17, 15) is 4.39 Å². The summed E-state index contributed by atoms with van der Waals surface area (Å²) in [5, 5.41) is 3.20. The summed E-state index contributed by atoms with van der Waals surface area (Å²) in [5.74, 6) is 0.0659. The number of hydrogen-bond donors (Lipinski definition) is 2. The standard InChI is InChI=1S/C14H15ClFN3/c1-18-12(8-9-4-3-7-19-14(9)17)10-5-2-6-11(15)13(10)16/h2-7,12,18H,8H2,1H3,(H2,17,19). The second-order valence-corrected chi connectivity index (χ2v) is 4.64. The van der Waals surface area contributed by atoms with Crippen molar-refractivity contribution < 1.29 is 4.39 Å². The minimum atomic E-state index is -0.397. The Morgan fingerprint density at radius 1 is 1.37 bits per heavy atom. The topological polar surface area (TPSA) is 50.9 Å². The fourth-order valence-electron chi connectivity index (χ4n) is 2.00. The normalized spacial score (nSPS) is 12.4. The Hall–Kier alpha value is -1.65. The van der Waals surface area contributed by atoms with E-state index in [-0.39, 0.29) is 11.1 Å². The van der Waals surface area contributed by atoms with E-state index in [1.165, 1.54) is 6.07 Å². The maximum absolute atomic E-state index is 14.0. The van der Waals surface area contributed by atoms with Crippen LogP contribution in [0.3, 0.4) is 0 Å². The highest BCUT2D eigenvalue weighted by molar-refractivity contribution is 6.30. The fourth-order valence-corrected chi connectivity index (χ4v) is 2.18. The van der Waals surface area contributed by atoms with Gasteiger partial charge in [0.2, 0.25) is 0 Å². The van der Waals surface area contributed by atoms with Crippen LogP contribution in [0.5, 0.6) is 0 Å². The Labute approximate surface area is 116 Å². The van der Waals surface area contributed by atoms with E-state index in [1.807, 2.05) is 12.1 Å². The van der Waals surface area contributed by atoms with Crippen molar-refractivity contribution in [2.75, 3.05) is 12.8 Å². The van der Waals surface area contributed by atoms with Crippen molar-refractivity contribution in [3.05, 3.63) is 58.5 Å². The molecule has 0 aliphatic heterocycles. The zero-order chi connectivity index (χ0) is 13.8. The molecule has 0 radical (unpaired) electrons. The second kappa shape index (κ2) is 5.99. The SMILES string of the molecule is CNC(Cc1cccnc1N)c1cccc(Cl)c1F. The van der Waals surface area contributed by atoms with Gasteiger partial charge in [-0.1, -0.05) is 29.8 Å². The van der Waals surface area contributed by atoms with Gasteiger partial charge in [0.25, 0.3) is 0 Å². The average molecular weight is 280 g/mol. The Morgan fingerprint density at radius 2 is 2.16 bits per heavy atom. The zero-order valence-corrected chi connectivity index (χ0v) is 11.3. The van der Waals surface area contributed by atoms with Crippen LogP contribution in [-0.2, 0) is 6.42 Å². The van der Waals surface area contributed by atoms with E-state index in [4.69, 9.17) is 17.3 Å². The van der Waals surface area contributed by atoms with E-state index >= 15 is 0 Å². The first-order chi connectivity index (χ1) is 9.13. The van der Waals surface area contributed by atoms with Crippen LogP contribution < -0.4 is 11.1 Å². The number of rotatable bonds is 4. The van der Waals surface area contributed by atoms with Crippen LogP contribution in [0.15, 0.2) is 36.5 Å². The molecular formula is C14H15ClFN3. The molecule has 100 valence electrons. The van der Waals surface area contributed by atoms with Gasteiger partial charge in [-0.15, -0.1) is 0 Å². The average Bonchev–Trinajstić information content (AvgIpc) is 2.41. The van der Waals surface area contributed by atoms with Gasteiger partial charge in [0.15, 0.2) is 0 Å². The quantitative estimate of drug-likeness (QED) is 0.905. The van der Waals surface area contributed by atoms with Gasteiger partial charge in [0.1, 0.15) is 11.6 Å². The van der Waals surface area contributed by atoms with Crippen LogP contribution in [0.1, 0.15) is 17.2 Å². The first-order valence-corrected chi connectivity index (χ1v) is 6.31. The predicted molar refractivity (Wildman–Crippen MR) is 75.6 cm³/mol. The number of nitrogens with two attached hydrogens (primary N) is 1. The van der Waals surface area contributed by atoms with Crippen LogP contribution >= 0.6 is 11.6 Å². The molecule has 2 rings (SSSR count). The number of halogens is 2. The Morgan fingerprint density at radius 3 is 2.84 bits per heavy atom. The number of hydrogen-bond acceptors (Lipinski definition) is 3. The van der Waals surface area contributed by atoms with Crippen molar-refractivity contribution in [3.8, 4) is 0 Å². The first kappa shape index (κ1) is 13.8. The van der Waals surface area contributed by atoms with Gasteiger partial charge in [-0.05, 0) is 31.2 Å². The fraction of sp³-hybridized carbons (Fsp3) is 0.214. The highest BCUT2D eigenvalue weighted by atomic mass is 35.5. The van der Waals surface area contributed by atoms with Gasteiger partial charge >= 0.3 is 0 Å². The van der Waals surface area contributed by atoms with Gasteiger partial charge in [-0.2, -0.15) is 0 Å². The lowest BCUT2D eigenvalue weighted by Crippen LogP contribution is -2.21. The minimum absolute atomic E-state index is 0.122. The van der Waals surface area contributed by atoms with E-state index in [0.717, 1.165) is 5.56 Å². The number of pyridine rings is 1. The molecule has 0 fully saturated rings. The van der Waals surface area contributed by atoms with Crippen LogP contribution in [0.4, 0.5) is 10.2 Å². The first-order valence-electron chi connectivity index (χ1n) is 5.94. The molecule has 0 saturated heterocycles. The summed E-state index contributed by atoms with van der Waals surface area (Å²) in [6.07, 6.45) is 2.18. The third kappa shape index (κ3) is 3.03. The van der Waals surface area contributed by atoms with Crippen LogP contribution in [0, 0.1) is 5.82 Å². The van der Waals surface area contributed by atoms with Crippen LogP contribution in [-0.4, -0.2) is 12.0 Å². The van der Waals surface area contributed by atoms with Crippen molar-refractivity contribution >= 4 is 17.4 Å². The zero-order valence-electron chi connectivity index (χ0n) is 10.5. The molecule has 5 heteroatoms. The largest absolute Gasteiger partial charge is 0.383 e. The molecule has 1 aromatic carbocycles. The monoisotopic (exact) mass is 279 g/mol. The lowest BCUT2D eigenvalue weighted by molar-refractivity contribution is 0.534. The smallest absolute Gasteiger partial charge is 0.146 e. The van der Waals surface area contributed by atoms with Gasteiger partial charge in [0, 0.05) is 17.8 Å². The third-order valence-corrected chi connectivity index (χ3v) is 3.35. The minimum Gasteiger partial charge on any atom is -0.383 e. The lowest BCUT2D eigenvalue weighted by atomic mass is 9.99. The molecule has 19 heavy (non-hydrogen) atoms. The molecule has 3 N–H and O–H groups in total. The molecule has 0 spiro atoms. The molecule has 1 heterocycles. The maximum Gasteiger partial charge on any atom is 0.146 e. The summed E-state index contributed by atoms with van der Waals surface area (Å²) in [6, 6.07) is 8.48. The molecule has 0 saturated carbocycles. The van der Waals surface area contributed by atoms with Crippen molar-refractivity contribution in [2.24, 2.45) is 0 Å². The molecule has 0 aliphatic carbocycles. The van der Waals surface area contributed by atoms with Crippen molar-refractivity contribution in [2.45, 2.75) is 12.5 Å². The predicted octanol–water partition coefficient (Wildman–Crippen LogP) is 2.96. The Balaban J connectivity index is 2.31. The number of likely N-dealkylation sites (N-methyl/N-ethyl adjacent to an activating group) is 1. The molecule has 1 aromatic heterocycles. The second-order valence-electron chi connectivity index (χ2n) is 4.24. The third-order valence-electron chi connectivity index (χ3n) is 3.06. The van der Waals surface area contributed by atoms with Crippen molar-refractivity contribution in [3.63, 3.8) is 0 Å². The van der Waals surface area contributed by atoms with E-state index in [0.29, 0.717) is 17.8 Å². The number of nitrogen functional groups attached to an aromatic ring is 1. The molecule has 1 unspecified atom stereocenters. The van der Waals surface area contributed by atoms with E-state index < -0.39 is 5.82 Å². The molecular weight excluding hydrogens is 265 g/mol. The van der Waals surface area contributed by atoms with Gasteiger partial charge < -0.3 is 11.1 Å². The highest BCUT2D eigenvalue weighted by Crippen LogP contribution is 2.26.